The smallest absolute Gasteiger partial charge is 0.254 e. The summed E-state index contributed by atoms with van der Waals surface area (Å²) in [6.45, 7) is 2.67. The van der Waals surface area contributed by atoms with Crippen LogP contribution in [0.25, 0.3) is 0 Å². The monoisotopic (exact) mass is 340 g/mol. The highest BCUT2D eigenvalue weighted by Crippen LogP contribution is 2.34. The van der Waals surface area contributed by atoms with Crippen molar-refractivity contribution in [2.24, 2.45) is 0 Å². The zero-order chi connectivity index (χ0) is 16.5. The molecule has 1 atom stereocenters. The molecule has 0 radical (unpaired) electrons. The molecule has 124 valence electrons. The third-order valence-corrected chi connectivity index (χ3v) is 5.26. The zero-order valence-corrected chi connectivity index (χ0v) is 14.3. The van der Waals surface area contributed by atoms with Crippen LogP contribution >= 0.6 is 11.6 Å². The van der Waals surface area contributed by atoms with Gasteiger partial charge in [0.1, 0.15) is 0 Å². The van der Waals surface area contributed by atoms with Crippen LogP contribution in [0, 0.1) is 0 Å². The van der Waals surface area contributed by atoms with Crippen molar-refractivity contribution in [2.45, 2.75) is 24.9 Å². The van der Waals surface area contributed by atoms with Gasteiger partial charge in [0.2, 0.25) is 0 Å². The summed E-state index contributed by atoms with van der Waals surface area (Å²) in [5, 5.41) is 0.657. The molecular weight excluding hydrogens is 320 g/mol. The van der Waals surface area contributed by atoms with Crippen LogP contribution in [0.4, 0.5) is 0 Å². The van der Waals surface area contributed by atoms with Crippen molar-refractivity contribution in [1.29, 1.82) is 0 Å². The van der Waals surface area contributed by atoms with Crippen LogP contribution in [0.2, 0.25) is 5.02 Å². The Balaban J connectivity index is 1.61. The van der Waals surface area contributed by atoms with E-state index in [2.05, 4.69) is 29.2 Å². The van der Waals surface area contributed by atoms with Crippen molar-refractivity contribution >= 4 is 17.5 Å². The Morgan fingerprint density at radius 2 is 1.67 bits per heavy atom. The molecule has 1 unspecified atom stereocenters. The number of piperazine rings is 1. The van der Waals surface area contributed by atoms with Gasteiger partial charge < -0.3 is 4.90 Å². The van der Waals surface area contributed by atoms with E-state index < -0.39 is 0 Å². The molecule has 1 amide bonds. The standard InChI is InChI=1S/C20H21ClN2O/c21-17-8-6-16(7-9-17)20(24)23-13-12-22(18-10-11-18)14-19(23)15-4-2-1-3-5-15/h1-9,18-19H,10-14H2. The van der Waals surface area contributed by atoms with Crippen LogP contribution in [0.5, 0.6) is 0 Å². The van der Waals surface area contributed by atoms with Crippen molar-refractivity contribution in [3.05, 3.63) is 70.7 Å². The number of nitrogens with zero attached hydrogens (tertiary/aromatic N) is 2. The van der Waals surface area contributed by atoms with Crippen LogP contribution in [0.15, 0.2) is 54.6 Å². The van der Waals surface area contributed by atoms with Crippen molar-refractivity contribution in [3.8, 4) is 0 Å². The number of benzene rings is 2. The maximum atomic E-state index is 13.1. The first kappa shape index (κ1) is 15.7. The lowest BCUT2D eigenvalue weighted by atomic mass is 10.0. The Hall–Kier alpha value is -1.84. The fraction of sp³-hybridized carbons (Fsp3) is 0.350. The quantitative estimate of drug-likeness (QED) is 0.843. The number of hydrogen-bond donors (Lipinski definition) is 0. The number of halogens is 1. The molecule has 0 N–H and O–H groups in total. The second-order valence-corrected chi connectivity index (χ2v) is 7.09. The molecule has 3 nitrogen and oxygen atoms in total. The largest absolute Gasteiger partial charge is 0.329 e. The molecule has 2 aliphatic rings. The molecule has 2 fully saturated rings. The van der Waals surface area contributed by atoms with Crippen molar-refractivity contribution < 1.29 is 4.79 Å². The van der Waals surface area contributed by atoms with E-state index in [0.29, 0.717) is 10.6 Å². The van der Waals surface area contributed by atoms with E-state index in [1.165, 1.54) is 18.4 Å². The van der Waals surface area contributed by atoms with Crippen LogP contribution in [0.3, 0.4) is 0 Å². The van der Waals surface area contributed by atoms with E-state index in [1.807, 2.05) is 23.1 Å². The second-order valence-electron chi connectivity index (χ2n) is 6.66. The number of rotatable bonds is 3. The maximum Gasteiger partial charge on any atom is 0.254 e. The summed E-state index contributed by atoms with van der Waals surface area (Å²) in [6, 6.07) is 18.4. The molecule has 1 heterocycles. The Labute approximate surface area is 147 Å². The van der Waals surface area contributed by atoms with E-state index in [0.717, 1.165) is 25.7 Å². The van der Waals surface area contributed by atoms with Crippen molar-refractivity contribution in [2.75, 3.05) is 19.6 Å². The molecule has 2 aromatic carbocycles. The first-order valence-corrected chi connectivity index (χ1v) is 8.96. The van der Waals surface area contributed by atoms with Gasteiger partial charge in [0.05, 0.1) is 6.04 Å². The fourth-order valence-electron chi connectivity index (χ4n) is 3.54. The maximum absolute atomic E-state index is 13.1. The van der Waals surface area contributed by atoms with E-state index in [1.54, 1.807) is 12.1 Å². The van der Waals surface area contributed by atoms with Crippen molar-refractivity contribution in [3.63, 3.8) is 0 Å². The average molecular weight is 341 g/mol. The van der Waals surface area contributed by atoms with Gasteiger partial charge >= 0.3 is 0 Å². The minimum Gasteiger partial charge on any atom is -0.329 e. The lowest BCUT2D eigenvalue weighted by molar-refractivity contribution is 0.0433. The van der Waals surface area contributed by atoms with Crippen LogP contribution in [0.1, 0.15) is 34.8 Å². The highest BCUT2D eigenvalue weighted by molar-refractivity contribution is 6.30. The van der Waals surface area contributed by atoms with Gasteiger partial charge in [0.25, 0.3) is 5.91 Å². The van der Waals surface area contributed by atoms with Crippen molar-refractivity contribution in [1.82, 2.24) is 9.80 Å². The van der Waals surface area contributed by atoms with Crippen LogP contribution in [-0.2, 0) is 0 Å². The van der Waals surface area contributed by atoms with Gasteiger partial charge in [-0.2, -0.15) is 0 Å². The lowest BCUT2D eigenvalue weighted by Gasteiger charge is -2.42. The average Bonchev–Trinajstić information content (AvgIpc) is 3.47. The van der Waals surface area contributed by atoms with Gasteiger partial charge in [-0.3, -0.25) is 9.69 Å². The Morgan fingerprint density at radius 1 is 0.958 bits per heavy atom. The van der Waals surface area contributed by atoms with Crippen LogP contribution in [-0.4, -0.2) is 41.4 Å². The Morgan fingerprint density at radius 3 is 2.33 bits per heavy atom. The Bertz CT molecular complexity index is 712. The summed E-state index contributed by atoms with van der Waals surface area (Å²) in [5.41, 5.74) is 1.92. The highest BCUT2D eigenvalue weighted by Gasteiger charge is 2.37. The fourth-order valence-corrected chi connectivity index (χ4v) is 3.66. The second kappa shape index (κ2) is 6.58. The summed E-state index contributed by atoms with van der Waals surface area (Å²) in [4.78, 5) is 17.6. The van der Waals surface area contributed by atoms with E-state index >= 15 is 0 Å². The van der Waals surface area contributed by atoms with Gasteiger partial charge in [0.15, 0.2) is 0 Å². The predicted octanol–water partition coefficient (Wildman–Crippen LogP) is 4.00. The van der Waals surface area contributed by atoms with Crippen LogP contribution < -0.4 is 0 Å². The number of carbonyl (C=O) groups excluding carboxylic acids is 1. The minimum absolute atomic E-state index is 0.0935. The van der Waals surface area contributed by atoms with Gasteiger partial charge in [0, 0.05) is 36.3 Å². The van der Waals surface area contributed by atoms with E-state index in [-0.39, 0.29) is 11.9 Å². The minimum atomic E-state index is 0.0935. The molecule has 4 rings (SSSR count). The summed E-state index contributed by atoms with van der Waals surface area (Å²) in [7, 11) is 0. The third-order valence-electron chi connectivity index (χ3n) is 5.01. The third kappa shape index (κ3) is 3.19. The predicted molar refractivity (Wildman–Crippen MR) is 96.3 cm³/mol. The molecule has 4 heteroatoms. The Kier molecular flexibility index (Phi) is 4.30. The van der Waals surface area contributed by atoms with Gasteiger partial charge in [-0.25, -0.2) is 0 Å². The molecule has 1 saturated heterocycles. The zero-order valence-electron chi connectivity index (χ0n) is 13.6. The SMILES string of the molecule is O=C(c1ccc(Cl)cc1)N1CCN(C2CC2)CC1c1ccccc1. The lowest BCUT2D eigenvalue weighted by Crippen LogP contribution is -2.51. The molecular formula is C20H21ClN2O. The van der Waals surface area contributed by atoms with E-state index in [9.17, 15) is 4.79 Å². The summed E-state index contributed by atoms with van der Waals surface area (Å²) in [6.07, 6.45) is 2.60. The number of amides is 1. The molecule has 0 bridgehead atoms. The van der Waals surface area contributed by atoms with E-state index in [4.69, 9.17) is 11.6 Å². The molecule has 2 aromatic rings. The summed E-state index contributed by atoms with van der Waals surface area (Å²) >= 11 is 5.96. The van der Waals surface area contributed by atoms with Gasteiger partial charge in [-0.15, -0.1) is 0 Å². The normalized spacial score (nSPS) is 21.7. The first-order valence-electron chi connectivity index (χ1n) is 8.58. The number of carbonyl (C=O) groups is 1. The van der Waals surface area contributed by atoms with Gasteiger partial charge in [-0.05, 0) is 42.7 Å². The molecule has 0 spiro atoms. The molecule has 1 aliphatic carbocycles. The molecule has 24 heavy (non-hydrogen) atoms. The highest BCUT2D eigenvalue weighted by atomic mass is 35.5. The molecule has 1 aliphatic heterocycles. The van der Waals surface area contributed by atoms with Gasteiger partial charge in [-0.1, -0.05) is 41.9 Å². The number of hydrogen-bond acceptors (Lipinski definition) is 2. The summed E-state index contributed by atoms with van der Waals surface area (Å²) < 4.78 is 0. The molecule has 0 aromatic heterocycles. The summed E-state index contributed by atoms with van der Waals surface area (Å²) in [5.74, 6) is 0.0935. The molecule has 1 saturated carbocycles. The first-order chi connectivity index (χ1) is 11.7. The topological polar surface area (TPSA) is 23.6 Å².